The van der Waals surface area contributed by atoms with Gasteiger partial charge in [-0.05, 0) is 12.5 Å². The molecular weight excluding hydrogens is 202 g/mol. The van der Waals surface area contributed by atoms with Crippen molar-refractivity contribution in [3.63, 3.8) is 0 Å². The van der Waals surface area contributed by atoms with Crippen molar-refractivity contribution >= 4 is 0 Å². The molecule has 1 atom stereocenters. The summed E-state index contributed by atoms with van der Waals surface area (Å²) < 4.78 is 5.07. The van der Waals surface area contributed by atoms with Crippen LogP contribution >= 0.6 is 0 Å². The van der Waals surface area contributed by atoms with Gasteiger partial charge in [-0.25, -0.2) is 0 Å². The summed E-state index contributed by atoms with van der Waals surface area (Å²) in [5.41, 5.74) is 0.843. The number of pyridine rings is 1. The number of hydrogen-bond donors (Lipinski definition) is 1. The summed E-state index contributed by atoms with van der Waals surface area (Å²) in [4.78, 5) is 4.04. The highest BCUT2D eigenvalue weighted by Crippen LogP contribution is 2.22. The zero-order valence-electron chi connectivity index (χ0n) is 10.1. The predicted molar refractivity (Wildman–Crippen MR) is 64.5 cm³/mol. The van der Waals surface area contributed by atoms with Crippen LogP contribution in [0.5, 0.6) is 5.75 Å². The molecule has 1 aromatic rings. The van der Waals surface area contributed by atoms with E-state index in [1.165, 1.54) is 19.3 Å². The van der Waals surface area contributed by atoms with Gasteiger partial charge in [-0.15, -0.1) is 0 Å². The molecule has 0 saturated carbocycles. The van der Waals surface area contributed by atoms with E-state index in [1.54, 1.807) is 19.5 Å². The average Bonchev–Trinajstić information content (AvgIpc) is 2.34. The van der Waals surface area contributed by atoms with Gasteiger partial charge in [0.25, 0.3) is 0 Å². The number of ether oxygens (including phenoxy) is 1. The molecule has 16 heavy (non-hydrogen) atoms. The zero-order valence-corrected chi connectivity index (χ0v) is 10.1. The maximum absolute atomic E-state index is 9.94. The lowest BCUT2D eigenvalue weighted by Gasteiger charge is -2.11. The van der Waals surface area contributed by atoms with Gasteiger partial charge in [-0.3, -0.25) is 4.98 Å². The lowest BCUT2D eigenvalue weighted by atomic mass is 10.0. The van der Waals surface area contributed by atoms with Crippen LogP contribution in [0.25, 0.3) is 0 Å². The Kier molecular flexibility index (Phi) is 5.86. The van der Waals surface area contributed by atoms with Gasteiger partial charge in [-0.2, -0.15) is 0 Å². The molecule has 0 aliphatic heterocycles. The molecule has 1 heterocycles. The summed E-state index contributed by atoms with van der Waals surface area (Å²) in [6.45, 7) is 2.18. The molecule has 1 aromatic heterocycles. The molecule has 0 spiro atoms. The Labute approximate surface area is 97.5 Å². The van der Waals surface area contributed by atoms with Crippen molar-refractivity contribution in [1.82, 2.24) is 4.98 Å². The van der Waals surface area contributed by atoms with Gasteiger partial charge in [0, 0.05) is 11.8 Å². The molecule has 1 rings (SSSR count). The summed E-state index contributed by atoms with van der Waals surface area (Å²) in [6.07, 6.45) is 8.44. The third-order valence-corrected chi connectivity index (χ3v) is 2.69. The molecule has 0 aliphatic carbocycles. The van der Waals surface area contributed by atoms with Gasteiger partial charge in [0.2, 0.25) is 0 Å². The smallest absolute Gasteiger partial charge is 0.137 e. The molecule has 0 amide bonds. The summed E-state index contributed by atoms with van der Waals surface area (Å²) >= 11 is 0. The van der Waals surface area contributed by atoms with Crippen molar-refractivity contribution in [2.45, 2.75) is 45.1 Å². The second kappa shape index (κ2) is 7.23. The predicted octanol–water partition coefficient (Wildman–Crippen LogP) is 3.09. The zero-order chi connectivity index (χ0) is 11.8. The Balaban J connectivity index is 2.42. The van der Waals surface area contributed by atoms with E-state index >= 15 is 0 Å². The van der Waals surface area contributed by atoms with Gasteiger partial charge < -0.3 is 9.84 Å². The van der Waals surface area contributed by atoms with Gasteiger partial charge in [0.1, 0.15) is 5.75 Å². The van der Waals surface area contributed by atoms with Gasteiger partial charge in [-0.1, -0.05) is 32.6 Å². The van der Waals surface area contributed by atoms with Crippen LogP contribution in [0.4, 0.5) is 0 Å². The Morgan fingerprint density at radius 3 is 2.81 bits per heavy atom. The van der Waals surface area contributed by atoms with Crippen LogP contribution in [-0.4, -0.2) is 17.2 Å². The third kappa shape index (κ3) is 4.19. The molecule has 1 N–H and O–H groups in total. The van der Waals surface area contributed by atoms with E-state index in [4.69, 9.17) is 4.74 Å². The molecule has 0 bridgehead atoms. The van der Waals surface area contributed by atoms with Crippen molar-refractivity contribution in [3.8, 4) is 5.75 Å². The maximum atomic E-state index is 9.94. The number of methoxy groups -OCH3 is 1. The number of nitrogens with zero attached hydrogens (tertiary/aromatic N) is 1. The lowest BCUT2D eigenvalue weighted by molar-refractivity contribution is 0.162. The van der Waals surface area contributed by atoms with Gasteiger partial charge in [0.15, 0.2) is 0 Å². The molecule has 3 nitrogen and oxygen atoms in total. The minimum absolute atomic E-state index is 0.417. The lowest BCUT2D eigenvalue weighted by Crippen LogP contribution is -1.99. The summed E-state index contributed by atoms with van der Waals surface area (Å²) in [7, 11) is 1.61. The summed E-state index contributed by atoms with van der Waals surface area (Å²) in [6, 6.07) is 1.84. The molecule has 0 radical (unpaired) electrons. The van der Waals surface area contributed by atoms with E-state index in [1.807, 2.05) is 6.07 Å². The van der Waals surface area contributed by atoms with Crippen molar-refractivity contribution in [3.05, 3.63) is 24.0 Å². The SMILES string of the molecule is CCCCCCC(O)c1cncc(OC)c1. The van der Waals surface area contributed by atoms with E-state index in [9.17, 15) is 5.11 Å². The second-order valence-electron chi connectivity index (χ2n) is 4.02. The first-order chi connectivity index (χ1) is 7.77. The topological polar surface area (TPSA) is 42.4 Å². The first-order valence-corrected chi connectivity index (χ1v) is 5.95. The maximum Gasteiger partial charge on any atom is 0.137 e. The van der Waals surface area contributed by atoms with Crippen LogP contribution in [0.2, 0.25) is 0 Å². The fourth-order valence-corrected chi connectivity index (χ4v) is 1.66. The second-order valence-corrected chi connectivity index (χ2v) is 4.02. The largest absolute Gasteiger partial charge is 0.495 e. The summed E-state index contributed by atoms with van der Waals surface area (Å²) in [5, 5.41) is 9.94. The van der Waals surface area contributed by atoms with Gasteiger partial charge >= 0.3 is 0 Å². The van der Waals surface area contributed by atoms with Crippen molar-refractivity contribution < 1.29 is 9.84 Å². The third-order valence-electron chi connectivity index (χ3n) is 2.69. The molecule has 0 fully saturated rings. The highest BCUT2D eigenvalue weighted by molar-refractivity contribution is 5.24. The van der Waals surface area contributed by atoms with E-state index in [-0.39, 0.29) is 0 Å². The Hall–Kier alpha value is -1.09. The number of unbranched alkanes of at least 4 members (excludes halogenated alkanes) is 3. The van der Waals surface area contributed by atoms with Crippen molar-refractivity contribution in [2.75, 3.05) is 7.11 Å². The van der Waals surface area contributed by atoms with Crippen LogP contribution in [0, 0.1) is 0 Å². The monoisotopic (exact) mass is 223 g/mol. The highest BCUT2D eigenvalue weighted by atomic mass is 16.5. The molecule has 3 heteroatoms. The number of hydrogen-bond acceptors (Lipinski definition) is 3. The van der Waals surface area contributed by atoms with E-state index in [0.717, 1.165) is 18.4 Å². The first kappa shape index (κ1) is 13.0. The van der Waals surface area contributed by atoms with Crippen molar-refractivity contribution in [2.24, 2.45) is 0 Å². The minimum Gasteiger partial charge on any atom is -0.495 e. The van der Waals surface area contributed by atoms with Crippen LogP contribution in [0.1, 0.15) is 50.7 Å². The van der Waals surface area contributed by atoms with E-state index < -0.39 is 6.10 Å². The van der Waals surface area contributed by atoms with Crippen LogP contribution in [-0.2, 0) is 0 Å². The van der Waals surface area contributed by atoms with Crippen LogP contribution < -0.4 is 4.74 Å². The number of aliphatic hydroxyl groups excluding tert-OH is 1. The van der Waals surface area contributed by atoms with E-state index in [2.05, 4.69) is 11.9 Å². The molecule has 0 saturated heterocycles. The Morgan fingerprint density at radius 1 is 1.31 bits per heavy atom. The van der Waals surface area contributed by atoms with E-state index in [0.29, 0.717) is 5.75 Å². The molecule has 0 aromatic carbocycles. The van der Waals surface area contributed by atoms with Crippen LogP contribution in [0.15, 0.2) is 18.5 Å². The fourth-order valence-electron chi connectivity index (χ4n) is 1.66. The standard InChI is InChI=1S/C13H21NO2/c1-3-4-5-6-7-13(15)11-8-12(16-2)10-14-9-11/h8-10,13,15H,3-7H2,1-2H3. The first-order valence-electron chi connectivity index (χ1n) is 5.95. The quantitative estimate of drug-likeness (QED) is 0.722. The molecular formula is C13H21NO2. The molecule has 0 aliphatic rings. The van der Waals surface area contributed by atoms with Gasteiger partial charge in [0.05, 0.1) is 19.4 Å². The molecule has 1 unspecified atom stereocenters. The highest BCUT2D eigenvalue weighted by Gasteiger charge is 2.08. The van der Waals surface area contributed by atoms with Crippen LogP contribution in [0.3, 0.4) is 0 Å². The van der Waals surface area contributed by atoms with Crippen molar-refractivity contribution in [1.29, 1.82) is 0 Å². The molecule has 90 valence electrons. The number of aromatic nitrogens is 1. The Morgan fingerprint density at radius 2 is 2.12 bits per heavy atom. The fraction of sp³-hybridized carbons (Fsp3) is 0.615. The average molecular weight is 223 g/mol. The normalized spacial score (nSPS) is 12.4. The minimum atomic E-state index is -0.417. The summed E-state index contributed by atoms with van der Waals surface area (Å²) in [5.74, 6) is 0.699. The number of aliphatic hydroxyl groups is 1. The Bertz CT molecular complexity index is 302. The number of rotatable bonds is 7.